The van der Waals surface area contributed by atoms with Crippen LogP contribution in [0.1, 0.15) is 54.6 Å². The molecule has 0 spiro atoms. The zero-order valence-corrected chi connectivity index (χ0v) is 9.44. The van der Waals surface area contributed by atoms with E-state index in [1.165, 1.54) is 25.7 Å². The lowest BCUT2D eigenvalue weighted by atomic mass is 9.78. The second-order valence-corrected chi connectivity index (χ2v) is 4.63. The minimum absolute atomic E-state index is 0.486. The third-order valence-electron chi connectivity index (χ3n) is 3.48. The van der Waals surface area contributed by atoms with Crippen LogP contribution < -0.4 is 0 Å². The van der Waals surface area contributed by atoms with E-state index in [9.17, 15) is 4.79 Å². The van der Waals surface area contributed by atoms with Gasteiger partial charge in [-0.25, -0.2) is 0 Å². The first-order valence-corrected chi connectivity index (χ1v) is 5.71. The van der Waals surface area contributed by atoms with Crippen molar-refractivity contribution in [1.29, 1.82) is 0 Å². The van der Waals surface area contributed by atoms with Gasteiger partial charge in [0.15, 0.2) is 6.29 Å². The summed E-state index contributed by atoms with van der Waals surface area (Å²) in [4.78, 5) is 10.9. The predicted molar refractivity (Wildman–Crippen MR) is 59.0 cm³/mol. The van der Waals surface area contributed by atoms with Gasteiger partial charge in [-0.2, -0.15) is 5.10 Å². The van der Waals surface area contributed by atoms with Gasteiger partial charge in [0.2, 0.25) is 0 Å². The lowest BCUT2D eigenvalue weighted by Crippen LogP contribution is -2.16. The van der Waals surface area contributed by atoms with Crippen molar-refractivity contribution in [2.75, 3.05) is 0 Å². The first-order valence-electron chi connectivity index (χ1n) is 5.71. The molecule has 1 aromatic heterocycles. The Morgan fingerprint density at radius 3 is 2.87 bits per heavy atom. The molecule has 2 atom stereocenters. The fourth-order valence-electron chi connectivity index (χ4n) is 2.63. The number of aromatic nitrogens is 2. The minimum atomic E-state index is 0.486. The maximum atomic E-state index is 10.9. The van der Waals surface area contributed by atoms with Crippen molar-refractivity contribution in [2.45, 2.75) is 38.5 Å². The fraction of sp³-hybridized carbons (Fsp3) is 0.667. The Kier molecular flexibility index (Phi) is 2.89. The van der Waals surface area contributed by atoms with Gasteiger partial charge < -0.3 is 0 Å². The molecule has 2 rings (SSSR count). The third kappa shape index (κ3) is 1.96. The van der Waals surface area contributed by atoms with Crippen molar-refractivity contribution >= 4 is 6.29 Å². The van der Waals surface area contributed by atoms with Crippen LogP contribution in [0.2, 0.25) is 0 Å². The smallest absolute Gasteiger partial charge is 0.153 e. The number of hydrogen-bond acceptors (Lipinski definition) is 2. The Morgan fingerprint density at radius 2 is 2.20 bits per heavy atom. The Morgan fingerprint density at radius 1 is 1.47 bits per heavy atom. The molecule has 0 N–H and O–H groups in total. The number of rotatable bonds is 2. The van der Waals surface area contributed by atoms with E-state index < -0.39 is 0 Å². The molecule has 0 saturated heterocycles. The summed E-state index contributed by atoms with van der Waals surface area (Å²) in [6.45, 7) is 2.27. The second kappa shape index (κ2) is 4.17. The molecule has 0 aliphatic heterocycles. The quantitative estimate of drug-likeness (QED) is 0.697. The fourth-order valence-corrected chi connectivity index (χ4v) is 2.63. The van der Waals surface area contributed by atoms with Crippen LogP contribution in [0, 0.1) is 5.92 Å². The summed E-state index contributed by atoms with van der Waals surface area (Å²) >= 11 is 0. The molecule has 0 bridgehead atoms. The van der Waals surface area contributed by atoms with E-state index in [0.717, 1.165) is 17.5 Å². The Hall–Kier alpha value is -1.12. The average Bonchev–Trinajstić information content (AvgIpc) is 2.60. The van der Waals surface area contributed by atoms with Crippen LogP contribution in [0.15, 0.2) is 6.20 Å². The summed E-state index contributed by atoms with van der Waals surface area (Å²) in [5, 5.41) is 4.44. The minimum Gasteiger partial charge on any atom is -0.298 e. The second-order valence-electron chi connectivity index (χ2n) is 4.63. The summed E-state index contributed by atoms with van der Waals surface area (Å²) in [6.07, 6.45) is 7.79. The van der Waals surface area contributed by atoms with Crippen molar-refractivity contribution < 1.29 is 4.79 Å². The number of nitrogens with zero attached hydrogens (tertiary/aromatic N) is 2. The first kappa shape index (κ1) is 10.4. The monoisotopic (exact) mass is 206 g/mol. The molecule has 3 nitrogen and oxygen atoms in total. The summed E-state index contributed by atoms with van der Waals surface area (Å²) < 4.78 is 1.75. The molecule has 15 heavy (non-hydrogen) atoms. The highest BCUT2D eigenvalue weighted by atomic mass is 16.1. The molecule has 0 radical (unpaired) electrons. The van der Waals surface area contributed by atoms with Gasteiger partial charge in [0.05, 0.1) is 11.3 Å². The van der Waals surface area contributed by atoms with Gasteiger partial charge in [-0.3, -0.25) is 9.48 Å². The zero-order valence-electron chi connectivity index (χ0n) is 9.44. The summed E-state index contributed by atoms with van der Waals surface area (Å²) in [5.41, 5.74) is 1.79. The molecule has 3 heteroatoms. The van der Waals surface area contributed by atoms with Crippen molar-refractivity contribution in [3.05, 3.63) is 17.5 Å². The third-order valence-corrected chi connectivity index (χ3v) is 3.48. The highest BCUT2D eigenvalue weighted by molar-refractivity contribution is 5.76. The largest absolute Gasteiger partial charge is 0.298 e. The maximum Gasteiger partial charge on any atom is 0.153 e. The predicted octanol–water partition coefficient (Wildman–Crippen LogP) is 2.53. The van der Waals surface area contributed by atoms with Crippen molar-refractivity contribution in [1.82, 2.24) is 9.78 Å². The highest BCUT2D eigenvalue weighted by Crippen LogP contribution is 2.37. The topological polar surface area (TPSA) is 34.9 Å². The molecule has 0 aromatic carbocycles. The molecule has 2 unspecified atom stereocenters. The van der Waals surface area contributed by atoms with Crippen molar-refractivity contribution in [2.24, 2.45) is 13.0 Å². The molecule has 1 fully saturated rings. The molecule has 0 amide bonds. The molecule has 1 aromatic rings. The molecular weight excluding hydrogens is 188 g/mol. The van der Waals surface area contributed by atoms with E-state index >= 15 is 0 Å². The summed E-state index contributed by atoms with van der Waals surface area (Å²) in [5.74, 6) is 1.15. The van der Waals surface area contributed by atoms with Crippen molar-refractivity contribution in [3.8, 4) is 0 Å². The Bertz CT molecular complexity index is 357. The SMILES string of the molecule is CC1CCCCC1c1nn(C)cc1C=O. The van der Waals surface area contributed by atoms with Gasteiger partial charge in [-0.05, 0) is 12.3 Å². The Labute approximate surface area is 90.5 Å². The lowest BCUT2D eigenvalue weighted by Gasteiger charge is -2.27. The molecular formula is C12H18N2O. The maximum absolute atomic E-state index is 10.9. The molecule has 82 valence electrons. The molecule has 1 heterocycles. The Balaban J connectivity index is 2.30. The average molecular weight is 206 g/mol. The van der Waals surface area contributed by atoms with Crippen LogP contribution in [0.3, 0.4) is 0 Å². The number of aryl methyl sites for hydroxylation is 1. The number of carbonyl (C=O) groups excluding carboxylic acids is 1. The summed E-state index contributed by atoms with van der Waals surface area (Å²) in [6, 6.07) is 0. The van der Waals surface area contributed by atoms with Gasteiger partial charge in [0, 0.05) is 19.2 Å². The normalized spacial score (nSPS) is 26.5. The molecule has 1 aliphatic carbocycles. The summed E-state index contributed by atoms with van der Waals surface area (Å²) in [7, 11) is 1.88. The van der Waals surface area contributed by atoms with E-state index in [0.29, 0.717) is 11.8 Å². The van der Waals surface area contributed by atoms with E-state index in [-0.39, 0.29) is 0 Å². The van der Waals surface area contributed by atoms with Crippen LogP contribution in [0.5, 0.6) is 0 Å². The first-order chi connectivity index (χ1) is 7.22. The van der Waals surface area contributed by atoms with Crippen LogP contribution >= 0.6 is 0 Å². The lowest BCUT2D eigenvalue weighted by molar-refractivity contribution is 0.112. The van der Waals surface area contributed by atoms with Gasteiger partial charge in [-0.1, -0.05) is 26.2 Å². The molecule has 1 saturated carbocycles. The zero-order chi connectivity index (χ0) is 10.8. The van der Waals surface area contributed by atoms with E-state index in [4.69, 9.17) is 0 Å². The number of carbonyl (C=O) groups is 1. The van der Waals surface area contributed by atoms with E-state index in [1.807, 2.05) is 13.2 Å². The van der Waals surface area contributed by atoms with Crippen LogP contribution in [0.25, 0.3) is 0 Å². The van der Waals surface area contributed by atoms with Crippen LogP contribution in [0.4, 0.5) is 0 Å². The number of hydrogen-bond donors (Lipinski definition) is 0. The van der Waals surface area contributed by atoms with Gasteiger partial charge in [0.1, 0.15) is 0 Å². The van der Waals surface area contributed by atoms with Crippen molar-refractivity contribution in [3.63, 3.8) is 0 Å². The molecule has 1 aliphatic rings. The number of aldehydes is 1. The van der Waals surface area contributed by atoms with E-state index in [1.54, 1.807) is 4.68 Å². The van der Waals surface area contributed by atoms with Gasteiger partial charge in [0.25, 0.3) is 0 Å². The van der Waals surface area contributed by atoms with Gasteiger partial charge in [-0.15, -0.1) is 0 Å². The van der Waals surface area contributed by atoms with E-state index in [2.05, 4.69) is 12.0 Å². The standard InChI is InChI=1S/C12H18N2O/c1-9-5-3-4-6-11(9)12-10(8-15)7-14(2)13-12/h7-9,11H,3-6H2,1-2H3. The van der Waals surface area contributed by atoms with Gasteiger partial charge >= 0.3 is 0 Å². The van der Waals surface area contributed by atoms with Crippen LogP contribution in [-0.4, -0.2) is 16.1 Å². The highest BCUT2D eigenvalue weighted by Gasteiger charge is 2.27. The van der Waals surface area contributed by atoms with Crippen LogP contribution in [-0.2, 0) is 7.05 Å².